The van der Waals surface area contributed by atoms with Gasteiger partial charge in [-0.15, -0.1) is 0 Å². The van der Waals surface area contributed by atoms with E-state index in [1.807, 2.05) is 36.4 Å². The predicted octanol–water partition coefficient (Wildman–Crippen LogP) is 4.57. The molecule has 0 radical (unpaired) electrons. The number of fused-ring (bicyclic) bond motifs is 1. The second-order valence-electron chi connectivity index (χ2n) is 5.68. The molecule has 0 saturated heterocycles. The maximum Gasteiger partial charge on any atom is 0.255 e. The maximum absolute atomic E-state index is 12.0. The topological polar surface area (TPSA) is 53.1 Å². The van der Waals surface area contributed by atoms with E-state index in [2.05, 4.69) is 23.2 Å². The van der Waals surface area contributed by atoms with Crippen LogP contribution in [0.4, 0.5) is 0 Å². The fourth-order valence-corrected chi connectivity index (χ4v) is 3.02. The first kappa shape index (κ1) is 14.3. The number of aromatic amines is 1. The Balaban J connectivity index is 1.97. The van der Waals surface area contributed by atoms with Crippen LogP contribution in [-0.4, -0.2) is 10.1 Å². The molecule has 3 nitrogen and oxygen atoms in total. The molecule has 3 aromatic carbocycles. The SMILES string of the molecule is O=c1[nH]cc(-c2cccc(-c3ccccc3)c2)c2c(O)cccc12. The van der Waals surface area contributed by atoms with Gasteiger partial charge in [0.05, 0.1) is 5.39 Å². The Bertz CT molecular complexity index is 1080. The molecule has 4 rings (SSSR count). The van der Waals surface area contributed by atoms with E-state index >= 15 is 0 Å². The highest BCUT2D eigenvalue weighted by molar-refractivity contribution is 6.00. The van der Waals surface area contributed by atoms with E-state index < -0.39 is 0 Å². The van der Waals surface area contributed by atoms with Gasteiger partial charge >= 0.3 is 0 Å². The van der Waals surface area contributed by atoms with E-state index in [4.69, 9.17) is 0 Å². The molecule has 0 bridgehead atoms. The molecule has 4 aromatic rings. The molecule has 1 heterocycles. The van der Waals surface area contributed by atoms with Crippen LogP contribution in [0.2, 0.25) is 0 Å². The van der Waals surface area contributed by atoms with E-state index in [-0.39, 0.29) is 11.3 Å². The van der Waals surface area contributed by atoms with Gasteiger partial charge < -0.3 is 10.1 Å². The molecule has 3 heteroatoms. The van der Waals surface area contributed by atoms with Gasteiger partial charge in [-0.3, -0.25) is 4.79 Å². The van der Waals surface area contributed by atoms with Gasteiger partial charge in [0.2, 0.25) is 0 Å². The summed E-state index contributed by atoms with van der Waals surface area (Å²) in [5.74, 6) is 0.110. The lowest BCUT2D eigenvalue weighted by Gasteiger charge is -2.10. The van der Waals surface area contributed by atoms with Crippen molar-refractivity contribution in [2.45, 2.75) is 0 Å². The Morgan fingerprint density at radius 3 is 2.29 bits per heavy atom. The van der Waals surface area contributed by atoms with E-state index in [0.717, 1.165) is 22.3 Å². The zero-order chi connectivity index (χ0) is 16.5. The molecule has 0 amide bonds. The lowest BCUT2D eigenvalue weighted by Crippen LogP contribution is -2.05. The molecular formula is C21H15NO2. The van der Waals surface area contributed by atoms with Crippen LogP contribution in [0.5, 0.6) is 5.75 Å². The Hall–Kier alpha value is -3.33. The van der Waals surface area contributed by atoms with Crippen molar-refractivity contribution in [3.8, 4) is 28.0 Å². The summed E-state index contributed by atoms with van der Waals surface area (Å²) in [6.07, 6.45) is 1.66. The van der Waals surface area contributed by atoms with E-state index in [0.29, 0.717) is 10.8 Å². The van der Waals surface area contributed by atoms with Crippen molar-refractivity contribution in [2.75, 3.05) is 0 Å². The summed E-state index contributed by atoms with van der Waals surface area (Å²) in [4.78, 5) is 14.8. The van der Waals surface area contributed by atoms with Crippen LogP contribution in [0.1, 0.15) is 0 Å². The summed E-state index contributed by atoms with van der Waals surface area (Å²) in [6, 6.07) is 23.2. The van der Waals surface area contributed by atoms with Crippen molar-refractivity contribution in [3.63, 3.8) is 0 Å². The lowest BCUT2D eigenvalue weighted by molar-refractivity contribution is 0.481. The van der Waals surface area contributed by atoms with Crippen LogP contribution in [-0.2, 0) is 0 Å². The Morgan fingerprint density at radius 2 is 1.46 bits per heavy atom. The van der Waals surface area contributed by atoms with Gasteiger partial charge in [-0.2, -0.15) is 0 Å². The number of benzene rings is 3. The van der Waals surface area contributed by atoms with Crippen molar-refractivity contribution in [1.82, 2.24) is 4.98 Å². The summed E-state index contributed by atoms with van der Waals surface area (Å²) in [6.45, 7) is 0. The number of phenolic OH excluding ortho intramolecular Hbond substituents is 1. The van der Waals surface area contributed by atoms with Gasteiger partial charge in [-0.1, -0.05) is 54.6 Å². The second-order valence-corrected chi connectivity index (χ2v) is 5.68. The second kappa shape index (κ2) is 5.70. The number of hydrogen-bond acceptors (Lipinski definition) is 2. The zero-order valence-corrected chi connectivity index (χ0v) is 12.9. The quantitative estimate of drug-likeness (QED) is 0.569. The average Bonchev–Trinajstić information content (AvgIpc) is 2.64. The Morgan fingerprint density at radius 1 is 0.750 bits per heavy atom. The van der Waals surface area contributed by atoms with E-state index in [1.165, 1.54) is 0 Å². The van der Waals surface area contributed by atoms with Gasteiger partial charge in [0.1, 0.15) is 5.75 Å². The number of hydrogen-bond donors (Lipinski definition) is 2. The van der Waals surface area contributed by atoms with E-state index in [1.54, 1.807) is 24.4 Å². The van der Waals surface area contributed by atoms with Gasteiger partial charge in [-0.05, 0) is 34.9 Å². The molecule has 0 saturated carbocycles. The number of pyridine rings is 1. The number of aromatic nitrogens is 1. The normalized spacial score (nSPS) is 10.8. The number of aromatic hydroxyl groups is 1. The summed E-state index contributed by atoms with van der Waals surface area (Å²) in [5.41, 5.74) is 3.75. The molecular weight excluding hydrogens is 298 g/mol. The van der Waals surface area contributed by atoms with Crippen molar-refractivity contribution in [1.29, 1.82) is 0 Å². The summed E-state index contributed by atoms with van der Waals surface area (Å²) in [7, 11) is 0. The van der Waals surface area contributed by atoms with Gasteiger partial charge in [0.15, 0.2) is 0 Å². The summed E-state index contributed by atoms with van der Waals surface area (Å²) in [5, 5.41) is 11.3. The van der Waals surface area contributed by atoms with Crippen LogP contribution in [0, 0.1) is 0 Å². The Kier molecular flexibility index (Phi) is 3.39. The van der Waals surface area contributed by atoms with Crippen molar-refractivity contribution in [2.24, 2.45) is 0 Å². The van der Waals surface area contributed by atoms with Crippen molar-refractivity contribution >= 4 is 10.8 Å². The molecule has 1 aromatic heterocycles. The highest BCUT2D eigenvalue weighted by Crippen LogP contribution is 2.34. The van der Waals surface area contributed by atoms with Crippen molar-refractivity contribution < 1.29 is 5.11 Å². The lowest BCUT2D eigenvalue weighted by atomic mass is 9.96. The minimum atomic E-state index is -0.205. The minimum absolute atomic E-state index is 0.110. The number of nitrogens with one attached hydrogen (secondary N) is 1. The maximum atomic E-state index is 12.0. The molecule has 2 N–H and O–H groups in total. The first-order chi connectivity index (χ1) is 11.7. The molecule has 0 aliphatic heterocycles. The van der Waals surface area contributed by atoms with Crippen LogP contribution < -0.4 is 5.56 Å². The standard InChI is InChI=1S/C21H15NO2/c23-19-11-5-10-17-20(19)18(13-22-21(17)24)16-9-4-8-15(12-16)14-6-2-1-3-7-14/h1-13,23H,(H,22,24). The third-order valence-corrected chi connectivity index (χ3v) is 4.18. The molecule has 0 aliphatic carbocycles. The fraction of sp³-hybridized carbons (Fsp3) is 0. The highest BCUT2D eigenvalue weighted by Gasteiger charge is 2.11. The first-order valence-electron chi connectivity index (χ1n) is 7.73. The smallest absolute Gasteiger partial charge is 0.255 e. The molecule has 24 heavy (non-hydrogen) atoms. The zero-order valence-electron chi connectivity index (χ0n) is 12.9. The van der Waals surface area contributed by atoms with E-state index in [9.17, 15) is 9.90 Å². The third-order valence-electron chi connectivity index (χ3n) is 4.18. The third kappa shape index (κ3) is 2.36. The molecule has 0 spiro atoms. The fourth-order valence-electron chi connectivity index (χ4n) is 3.02. The molecule has 0 aliphatic rings. The summed E-state index contributed by atoms with van der Waals surface area (Å²) < 4.78 is 0. The summed E-state index contributed by atoms with van der Waals surface area (Å²) >= 11 is 0. The minimum Gasteiger partial charge on any atom is -0.507 e. The van der Waals surface area contributed by atoms with Crippen LogP contribution in [0.15, 0.2) is 83.8 Å². The van der Waals surface area contributed by atoms with Gasteiger partial charge in [0, 0.05) is 17.1 Å². The predicted molar refractivity (Wildman–Crippen MR) is 97.1 cm³/mol. The van der Waals surface area contributed by atoms with Crippen molar-refractivity contribution in [3.05, 3.63) is 89.3 Å². The molecule has 0 unspecified atom stereocenters. The average molecular weight is 313 g/mol. The molecule has 0 fully saturated rings. The van der Waals surface area contributed by atoms with Crippen LogP contribution >= 0.6 is 0 Å². The molecule has 0 atom stereocenters. The largest absolute Gasteiger partial charge is 0.507 e. The first-order valence-corrected chi connectivity index (χ1v) is 7.73. The van der Waals surface area contributed by atoms with Gasteiger partial charge in [0.25, 0.3) is 5.56 Å². The van der Waals surface area contributed by atoms with Gasteiger partial charge in [-0.25, -0.2) is 0 Å². The number of H-pyrrole nitrogens is 1. The number of rotatable bonds is 2. The Labute approximate surface area is 138 Å². The highest BCUT2D eigenvalue weighted by atomic mass is 16.3. The van der Waals surface area contributed by atoms with Crippen LogP contribution in [0.3, 0.4) is 0 Å². The molecule has 116 valence electrons. The van der Waals surface area contributed by atoms with Crippen LogP contribution in [0.25, 0.3) is 33.0 Å². The number of phenols is 1. The monoisotopic (exact) mass is 313 g/mol.